The largest absolute Gasteiger partial charge is 0.481 e. The SMILES string of the molecule is CC(Oc1ccc(Cl)c(Cl)c1)C(=O)N1CCC(CC(=O)O)CC1. The van der Waals surface area contributed by atoms with Crippen molar-refractivity contribution >= 4 is 35.1 Å². The minimum atomic E-state index is -0.786. The molecule has 1 aromatic carbocycles. The maximum absolute atomic E-state index is 12.4. The number of nitrogens with zero attached hydrogens (tertiary/aromatic N) is 1. The lowest BCUT2D eigenvalue weighted by molar-refractivity contribution is -0.140. The molecule has 0 radical (unpaired) electrons. The van der Waals surface area contributed by atoms with Crippen molar-refractivity contribution in [2.45, 2.75) is 32.3 Å². The molecule has 2 rings (SSSR count). The molecule has 1 fully saturated rings. The number of carbonyl (C=O) groups excluding carboxylic acids is 1. The minimum Gasteiger partial charge on any atom is -0.481 e. The normalized spacial score (nSPS) is 16.9. The summed E-state index contributed by atoms with van der Waals surface area (Å²) in [5.41, 5.74) is 0. The molecular formula is C16H19Cl2NO4. The van der Waals surface area contributed by atoms with Crippen molar-refractivity contribution in [2.24, 2.45) is 5.92 Å². The molecule has 0 saturated carbocycles. The smallest absolute Gasteiger partial charge is 0.303 e. The van der Waals surface area contributed by atoms with Crippen LogP contribution in [0.1, 0.15) is 26.2 Å². The second-order valence-corrected chi connectivity index (χ2v) is 6.52. The number of carbonyl (C=O) groups is 2. The van der Waals surface area contributed by atoms with E-state index in [1.807, 2.05) is 0 Å². The van der Waals surface area contributed by atoms with Gasteiger partial charge in [0.15, 0.2) is 6.10 Å². The Labute approximate surface area is 145 Å². The molecule has 1 atom stereocenters. The van der Waals surface area contributed by atoms with Crippen molar-refractivity contribution in [2.75, 3.05) is 13.1 Å². The molecule has 5 nitrogen and oxygen atoms in total. The van der Waals surface area contributed by atoms with Gasteiger partial charge in [0.05, 0.1) is 10.0 Å². The summed E-state index contributed by atoms with van der Waals surface area (Å²) in [4.78, 5) is 24.9. The van der Waals surface area contributed by atoms with Crippen LogP contribution < -0.4 is 4.74 Å². The molecule has 1 saturated heterocycles. The standard InChI is InChI=1S/C16H19Cl2NO4/c1-10(23-12-2-3-13(17)14(18)9-12)16(22)19-6-4-11(5-7-19)8-15(20)21/h2-3,9-11H,4-8H2,1H3,(H,20,21). The lowest BCUT2D eigenvalue weighted by atomic mass is 9.93. The van der Waals surface area contributed by atoms with Crippen LogP contribution in [0.5, 0.6) is 5.75 Å². The fourth-order valence-corrected chi connectivity index (χ4v) is 2.95. The third-order valence-electron chi connectivity index (χ3n) is 3.94. The van der Waals surface area contributed by atoms with Gasteiger partial charge < -0.3 is 14.7 Å². The topological polar surface area (TPSA) is 66.8 Å². The Morgan fingerprint density at radius 2 is 1.96 bits per heavy atom. The summed E-state index contributed by atoms with van der Waals surface area (Å²) < 4.78 is 5.63. The van der Waals surface area contributed by atoms with Crippen molar-refractivity contribution in [1.82, 2.24) is 4.90 Å². The van der Waals surface area contributed by atoms with Crippen molar-refractivity contribution in [3.63, 3.8) is 0 Å². The number of ether oxygens (including phenoxy) is 1. The number of carboxylic acids is 1. The van der Waals surface area contributed by atoms with Crippen molar-refractivity contribution in [1.29, 1.82) is 0 Å². The minimum absolute atomic E-state index is 0.107. The number of piperidine rings is 1. The molecule has 23 heavy (non-hydrogen) atoms. The quantitative estimate of drug-likeness (QED) is 0.873. The summed E-state index contributed by atoms with van der Waals surface area (Å²) in [6.45, 7) is 2.81. The zero-order chi connectivity index (χ0) is 17.0. The number of hydrogen-bond donors (Lipinski definition) is 1. The molecule has 7 heteroatoms. The number of aliphatic carboxylic acids is 1. The molecule has 1 amide bonds. The molecule has 1 unspecified atom stereocenters. The van der Waals surface area contributed by atoms with Gasteiger partial charge in [0.25, 0.3) is 5.91 Å². The summed E-state index contributed by atoms with van der Waals surface area (Å²) in [6, 6.07) is 4.86. The molecule has 1 aromatic rings. The molecule has 126 valence electrons. The highest BCUT2D eigenvalue weighted by molar-refractivity contribution is 6.42. The van der Waals surface area contributed by atoms with E-state index < -0.39 is 12.1 Å². The molecule has 1 heterocycles. The third-order valence-corrected chi connectivity index (χ3v) is 4.68. The number of benzene rings is 1. The first-order valence-electron chi connectivity index (χ1n) is 7.49. The van der Waals surface area contributed by atoms with Crippen LogP contribution in [0.2, 0.25) is 10.0 Å². The lowest BCUT2D eigenvalue weighted by Crippen LogP contribution is -2.45. The number of rotatable bonds is 5. The first kappa shape index (κ1) is 17.9. The monoisotopic (exact) mass is 359 g/mol. The van der Waals surface area contributed by atoms with E-state index in [0.29, 0.717) is 41.7 Å². The maximum atomic E-state index is 12.4. The van der Waals surface area contributed by atoms with Gasteiger partial charge in [-0.25, -0.2) is 0 Å². The van der Waals surface area contributed by atoms with Crippen LogP contribution in [0, 0.1) is 5.92 Å². The van der Waals surface area contributed by atoms with Crippen molar-refractivity contribution in [3.05, 3.63) is 28.2 Å². The first-order chi connectivity index (χ1) is 10.9. The molecule has 1 aliphatic heterocycles. The Morgan fingerprint density at radius 1 is 1.30 bits per heavy atom. The van der Waals surface area contributed by atoms with E-state index in [1.54, 1.807) is 30.0 Å². The average molecular weight is 360 g/mol. The van der Waals surface area contributed by atoms with Crippen LogP contribution in [-0.2, 0) is 9.59 Å². The van der Waals surface area contributed by atoms with Gasteiger partial charge in [-0.1, -0.05) is 23.2 Å². The second-order valence-electron chi connectivity index (χ2n) is 5.70. The molecule has 0 aliphatic carbocycles. The Morgan fingerprint density at radius 3 is 2.52 bits per heavy atom. The fraction of sp³-hybridized carbons (Fsp3) is 0.500. The maximum Gasteiger partial charge on any atom is 0.303 e. The summed E-state index contributed by atoms with van der Waals surface area (Å²) in [7, 11) is 0. The summed E-state index contributed by atoms with van der Waals surface area (Å²) in [6.07, 6.45) is 0.940. The highest BCUT2D eigenvalue weighted by atomic mass is 35.5. The Bertz CT molecular complexity index is 585. The Kier molecular flexibility index (Phi) is 6.13. The van der Waals surface area contributed by atoms with E-state index in [-0.39, 0.29) is 18.2 Å². The van der Waals surface area contributed by atoms with Gasteiger partial charge in [-0.05, 0) is 37.8 Å². The molecule has 0 aromatic heterocycles. The lowest BCUT2D eigenvalue weighted by Gasteiger charge is -2.33. The fourth-order valence-electron chi connectivity index (χ4n) is 2.67. The number of likely N-dealkylation sites (tertiary alicyclic amines) is 1. The molecule has 0 bridgehead atoms. The van der Waals surface area contributed by atoms with E-state index in [1.165, 1.54) is 0 Å². The van der Waals surface area contributed by atoms with Gasteiger partial charge in [0.2, 0.25) is 0 Å². The number of halogens is 2. The predicted molar refractivity (Wildman–Crippen MR) is 88.1 cm³/mol. The summed E-state index contributed by atoms with van der Waals surface area (Å²) >= 11 is 11.8. The van der Waals surface area contributed by atoms with E-state index in [0.717, 1.165) is 0 Å². The molecule has 1 aliphatic rings. The second kappa shape index (κ2) is 7.88. The molecule has 0 spiro atoms. The number of amides is 1. The van der Waals surface area contributed by atoms with Crippen LogP contribution in [0.15, 0.2) is 18.2 Å². The molecular weight excluding hydrogens is 341 g/mol. The predicted octanol–water partition coefficient (Wildman–Crippen LogP) is 3.47. The van der Waals surface area contributed by atoms with Crippen LogP contribution in [0.3, 0.4) is 0 Å². The van der Waals surface area contributed by atoms with Crippen LogP contribution in [0.25, 0.3) is 0 Å². The zero-order valence-corrected chi connectivity index (χ0v) is 14.3. The van der Waals surface area contributed by atoms with Gasteiger partial charge >= 0.3 is 5.97 Å². The van der Waals surface area contributed by atoms with Crippen LogP contribution in [-0.4, -0.2) is 41.1 Å². The third kappa shape index (κ3) is 5.01. The van der Waals surface area contributed by atoms with Gasteiger partial charge in [0.1, 0.15) is 5.75 Å². The van der Waals surface area contributed by atoms with Crippen LogP contribution >= 0.6 is 23.2 Å². The Hall–Kier alpha value is -1.46. The van der Waals surface area contributed by atoms with E-state index in [4.69, 9.17) is 33.0 Å². The average Bonchev–Trinajstić information content (AvgIpc) is 2.50. The van der Waals surface area contributed by atoms with E-state index in [2.05, 4.69) is 0 Å². The molecule has 1 N–H and O–H groups in total. The zero-order valence-electron chi connectivity index (χ0n) is 12.8. The summed E-state index contributed by atoms with van der Waals surface area (Å²) in [5.74, 6) is -0.264. The van der Waals surface area contributed by atoms with E-state index in [9.17, 15) is 9.59 Å². The van der Waals surface area contributed by atoms with Gasteiger partial charge in [-0.3, -0.25) is 9.59 Å². The van der Waals surface area contributed by atoms with Crippen molar-refractivity contribution in [3.8, 4) is 5.75 Å². The van der Waals surface area contributed by atoms with Crippen molar-refractivity contribution < 1.29 is 19.4 Å². The number of carboxylic acid groups (broad SMARTS) is 1. The Balaban J connectivity index is 1.88. The first-order valence-corrected chi connectivity index (χ1v) is 8.24. The van der Waals surface area contributed by atoms with Crippen LogP contribution in [0.4, 0.5) is 0 Å². The summed E-state index contributed by atoms with van der Waals surface area (Å²) in [5, 5.41) is 9.62. The van der Waals surface area contributed by atoms with Gasteiger partial charge in [0, 0.05) is 25.6 Å². The van der Waals surface area contributed by atoms with Gasteiger partial charge in [-0.2, -0.15) is 0 Å². The highest BCUT2D eigenvalue weighted by Gasteiger charge is 2.28. The highest BCUT2D eigenvalue weighted by Crippen LogP contribution is 2.27. The number of hydrogen-bond acceptors (Lipinski definition) is 3. The van der Waals surface area contributed by atoms with E-state index >= 15 is 0 Å². The van der Waals surface area contributed by atoms with Gasteiger partial charge in [-0.15, -0.1) is 0 Å².